The third-order valence-corrected chi connectivity index (χ3v) is 1.99. The fraction of sp³-hybridized carbons (Fsp3) is 0.125. The molecule has 6 nitrogen and oxygen atoms in total. The van der Waals surface area contributed by atoms with Crippen LogP contribution in [0.5, 0.6) is 0 Å². The van der Waals surface area contributed by atoms with Crippen LogP contribution in [0.3, 0.4) is 0 Å². The van der Waals surface area contributed by atoms with E-state index in [1.54, 1.807) is 25.1 Å². The van der Waals surface area contributed by atoms with Gasteiger partial charge in [-0.3, -0.25) is 0 Å². The molecular formula is C8H8N4O2. The zero-order valence-corrected chi connectivity index (χ0v) is 7.47. The molecule has 72 valence electrons. The van der Waals surface area contributed by atoms with E-state index < -0.39 is 4.92 Å². The summed E-state index contributed by atoms with van der Waals surface area (Å²) in [4.78, 5) is 14.3. The standard InChI is InChI=1S/C8H8N4O2/c1-5-8(12(13)14)11-6(9)3-2-4-7(11)10-5/h2-4H,9H2,1H3. The number of nitro groups is 1. The predicted octanol–water partition coefficient (Wildman–Crippen LogP) is 1.13. The summed E-state index contributed by atoms with van der Waals surface area (Å²) >= 11 is 0. The Morgan fingerprint density at radius 3 is 2.93 bits per heavy atom. The second-order valence-electron chi connectivity index (χ2n) is 2.92. The van der Waals surface area contributed by atoms with Gasteiger partial charge in [-0.25, -0.2) is 4.98 Å². The number of aromatic nitrogens is 2. The third-order valence-electron chi connectivity index (χ3n) is 1.99. The highest BCUT2D eigenvalue weighted by Crippen LogP contribution is 2.22. The van der Waals surface area contributed by atoms with Crippen LogP contribution in [0.15, 0.2) is 18.2 Å². The van der Waals surface area contributed by atoms with Gasteiger partial charge in [0.05, 0.1) is 0 Å². The van der Waals surface area contributed by atoms with Crippen molar-refractivity contribution in [1.82, 2.24) is 9.38 Å². The Morgan fingerprint density at radius 2 is 2.29 bits per heavy atom. The first-order valence-electron chi connectivity index (χ1n) is 3.99. The fourth-order valence-corrected chi connectivity index (χ4v) is 1.43. The van der Waals surface area contributed by atoms with Crippen LogP contribution in [0.1, 0.15) is 5.69 Å². The summed E-state index contributed by atoms with van der Waals surface area (Å²) in [5.41, 5.74) is 6.49. The summed E-state index contributed by atoms with van der Waals surface area (Å²) in [5.74, 6) is 0.243. The van der Waals surface area contributed by atoms with Gasteiger partial charge in [0.2, 0.25) is 5.65 Å². The minimum atomic E-state index is -0.480. The van der Waals surface area contributed by atoms with Gasteiger partial charge in [-0.2, -0.15) is 4.40 Å². The molecule has 0 aromatic carbocycles. The van der Waals surface area contributed by atoms with E-state index in [-0.39, 0.29) is 5.82 Å². The van der Waals surface area contributed by atoms with Gasteiger partial charge in [-0.05, 0) is 11.8 Å². The molecule has 0 saturated heterocycles. The highest BCUT2D eigenvalue weighted by Gasteiger charge is 2.20. The summed E-state index contributed by atoms with van der Waals surface area (Å²) in [5, 5.41) is 10.7. The van der Waals surface area contributed by atoms with Gasteiger partial charge in [-0.15, -0.1) is 0 Å². The molecule has 2 heterocycles. The number of nitrogens with two attached hydrogens (primary N) is 1. The predicted molar refractivity (Wildman–Crippen MR) is 51.0 cm³/mol. The lowest BCUT2D eigenvalue weighted by molar-refractivity contribution is -0.390. The molecule has 2 aromatic heterocycles. The molecule has 0 aliphatic heterocycles. The number of anilines is 1. The normalized spacial score (nSPS) is 10.6. The van der Waals surface area contributed by atoms with E-state index in [1.807, 2.05) is 0 Å². The van der Waals surface area contributed by atoms with E-state index in [4.69, 9.17) is 5.73 Å². The fourth-order valence-electron chi connectivity index (χ4n) is 1.43. The lowest BCUT2D eigenvalue weighted by atomic mass is 10.4. The van der Waals surface area contributed by atoms with Crippen molar-refractivity contribution in [2.24, 2.45) is 0 Å². The van der Waals surface area contributed by atoms with Crippen LogP contribution in [0, 0.1) is 17.0 Å². The van der Waals surface area contributed by atoms with Crippen LogP contribution in [-0.2, 0) is 0 Å². The van der Waals surface area contributed by atoms with Crippen LogP contribution >= 0.6 is 0 Å². The summed E-state index contributed by atoms with van der Waals surface area (Å²) in [6.45, 7) is 1.59. The Bertz CT molecular complexity index is 517. The Morgan fingerprint density at radius 1 is 1.57 bits per heavy atom. The second kappa shape index (κ2) is 2.69. The highest BCUT2D eigenvalue weighted by atomic mass is 16.6. The number of hydrogen-bond donors (Lipinski definition) is 1. The van der Waals surface area contributed by atoms with Crippen molar-refractivity contribution >= 4 is 17.3 Å². The number of imidazole rings is 1. The molecule has 0 bridgehead atoms. The van der Waals surface area contributed by atoms with Crippen LogP contribution < -0.4 is 5.73 Å². The van der Waals surface area contributed by atoms with Crippen molar-refractivity contribution < 1.29 is 4.92 Å². The number of fused-ring (bicyclic) bond motifs is 1. The largest absolute Gasteiger partial charge is 0.366 e. The van der Waals surface area contributed by atoms with E-state index >= 15 is 0 Å². The Labute approximate surface area is 79.1 Å². The highest BCUT2D eigenvalue weighted by molar-refractivity contribution is 5.55. The zero-order chi connectivity index (χ0) is 10.3. The lowest BCUT2D eigenvalue weighted by Gasteiger charge is -1.96. The summed E-state index contributed by atoms with van der Waals surface area (Å²) in [6, 6.07) is 4.98. The van der Waals surface area contributed by atoms with E-state index in [1.165, 1.54) is 4.40 Å². The van der Waals surface area contributed by atoms with Crippen molar-refractivity contribution in [3.8, 4) is 0 Å². The molecule has 2 N–H and O–H groups in total. The number of nitrogens with zero attached hydrogens (tertiary/aromatic N) is 3. The first-order valence-corrected chi connectivity index (χ1v) is 3.99. The van der Waals surface area contributed by atoms with Crippen molar-refractivity contribution in [2.45, 2.75) is 6.92 Å². The molecule has 0 spiro atoms. The molecule has 0 aliphatic rings. The number of hydrogen-bond acceptors (Lipinski definition) is 4. The minimum absolute atomic E-state index is 0.0712. The molecule has 2 rings (SSSR count). The summed E-state index contributed by atoms with van der Waals surface area (Å²) in [7, 11) is 0. The monoisotopic (exact) mass is 192 g/mol. The van der Waals surface area contributed by atoms with Gasteiger partial charge in [0.25, 0.3) is 0 Å². The maximum Gasteiger partial charge on any atom is 0.352 e. The topological polar surface area (TPSA) is 86.5 Å². The van der Waals surface area contributed by atoms with Gasteiger partial charge < -0.3 is 15.8 Å². The first-order chi connectivity index (χ1) is 6.61. The molecule has 14 heavy (non-hydrogen) atoms. The second-order valence-corrected chi connectivity index (χ2v) is 2.92. The molecule has 0 fully saturated rings. The van der Waals surface area contributed by atoms with Gasteiger partial charge in [0.15, 0.2) is 5.82 Å². The average molecular weight is 192 g/mol. The SMILES string of the molecule is Cc1nc2cccc(N)n2c1[N+](=O)[O-]. The Balaban J connectivity index is 2.93. The molecule has 0 amide bonds. The lowest BCUT2D eigenvalue weighted by Crippen LogP contribution is -2.00. The first kappa shape index (κ1) is 8.49. The zero-order valence-electron chi connectivity index (χ0n) is 7.47. The van der Waals surface area contributed by atoms with Gasteiger partial charge in [0, 0.05) is 12.1 Å². The maximum absolute atomic E-state index is 10.7. The van der Waals surface area contributed by atoms with E-state index in [0.717, 1.165) is 0 Å². The molecule has 0 saturated carbocycles. The van der Waals surface area contributed by atoms with Gasteiger partial charge in [-0.1, -0.05) is 6.07 Å². The molecule has 0 atom stereocenters. The Hall–Kier alpha value is -2.11. The molecular weight excluding hydrogens is 184 g/mol. The van der Waals surface area contributed by atoms with Crippen LogP contribution in [0.25, 0.3) is 5.65 Å². The number of nitrogen functional groups attached to an aromatic ring is 1. The molecule has 0 radical (unpaired) electrons. The van der Waals surface area contributed by atoms with Gasteiger partial charge in [0.1, 0.15) is 5.69 Å². The average Bonchev–Trinajstić information content (AvgIpc) is 2.42. The number of aryl methyl sites for hydroxylation is 1. The van der Waals surface area contributed by atoms with Crippen LogP contribution in [0.2, 0.25) is 0 Å². The smallest absolute Gasteiger partial charge is 0.352 e. The van der Waals surface area contributed by atoms with E-state index in [2.05, 4.69) is 4.98 Å². The third kappa shape index (κ3) is 1.00. The Kier molecular flexibility index (Phi) is 1.63. The summed E-state index contributed by atoms with van der Waals surface area (Å²) in [6.07, 6.45) is 0. The molecule has 0 aliphatic carbocycles. The maximum atomic E-state index is 10.7. The van der Waals surface area contributed by atoms with Crippen molar-refractivity contribution in [1.29, 1.82) is 0 Å². The van der Waals surface area contributed by atoms with Crippen molar-refractivity contribution in [3.63, 3.8) is 0 Å². The van der Waals surface area contributed by atoms with Gasteiger partial charge >= 0.3 is 5.82 Å². The van der Waals surface area contributed by atoms with Crippen molar-refractivity contribution in [2.75, 3.05) is 5.73 Å². The number of rotatable bonds is 1. The quantitative estimate of drug-likeness (QED) is 0.542. The van der Waals surface area contributed by atoms with E-state index in [9.17, 15) is 10.1 Å². The molecule has 6 heteroatoms. The molecule has 0 unspecified atom stereocenters. The minimum Gasteiger partial charge on any atom is -0.366 e. The number of pyridine rings is 1. The van der Waals surface area contributed by atoms with Crippen molar-refractivity contribution in [3.05, 3.63) is 34.0 Å². The van der Waals surface area contributed by atoms with Crippen LogP contribution in [-0.4, -0.2) is 14.3 Å². The molecule has 2 aromatic rings. The van der Waals surface area contributed by atoms with E-state index in [0.29, 0.717) is 17.2 Å². The summed E-state index contributed by atoms with van der Waals surface area (Å²) < 4.78 is 1.33. The van der Waals surface area contributed by atoms with Crippen LogP contribution in [0.4, 0.5) is 11.6 Å².